The van der Waals surface area contributed by atoms with Gasteiger partial charge in [0.15, 0.2) is 0 Å². The van der Waals surface area contributed by atoms with Crippen LogP contribution in [0.4, 0.5) is 11.4 Å². The molecule has 0 unspecified atom stereocenters. The molecule has 1 aromatic rings. The molecule has 1 aromatic carbocycles. The van der Waals surface area contributed by atoms with E-state index in [4.69, 9.17) is 4.74 Å². The number of anilines is 1. The van der Waals surface area contributed by atoms with Crippen molar-refractivity contribution in [3.05, 3.63) is 33.9 Å². The minimum absolute atomic E-state index is 0.0705. The monoisotopic (exact) mass is 307 g/mol. The van der Waals surface area contributed by atoms with Crippen LogP contribution in [0.1, 0.15) is 24.8 Å². The van der Waals surface area contributed by atoms with Crippen LogP contribution >= 0.6 is 0 Å². The first-order chi connectivity index (χ1) is 10.6. The minimum Gasteiger partial charge on any atom is -0.379 e. The Hall–Kier alpha value is -2.15. The van der Waals surface area contributed by atoms with Gasteiger partial charge >= 0.3 is 0 Å². The summed E-state index contributed by atoms with van der Waals surface area (Å²) in [4.78, 5) is 22.3. The Morgan fingerprint density at radius 1 is 1.45 bits per heavy atom. The number of carbonyl (C=O) groups excluding carboxylic acids is 1. The zero-order chi connectivity index (χ0) is 15.9. The second-order valence-corrected chi connectivity index (χ2v) is 5.35. The molecule has 7 nitrogen and oxygen atoms in total. The van der Waals surface area contributed by atoms with Crippen LogP contribution in [0.15, 0.2) is 18.2 Å². The second kappa shape index (κ2) is 7.74. The van der Waals surface area contributed by atoms with Gasteiger partial charge in [0, 0.05) is 25.8 Å². The van der Waals surface area contributed by atoms with E-state index >= 15 is 0 Å². The third kappa shape index (κ3) is 4.42. The molecular weight excluding hydrogens is 286 g/mol. The Morgan fingerprint density at radius 2 is 2.27 bits per heavy atom. The summed E-state index contributed by atoms with van der Waals surface area (Å²) in [5.74, 6) is -0.0705. The highest BCUT2D eigenvalue weighted by molar-refractivity contribution is 5.80. The molecule has 0 saturated carbocycles. The zero-order valence-electron chi connectivity index (χ0n) is 12.6. The molecule has 2 rings (SSSR count). The van der Waals surface area contributed by atoms with E-state index in [-0.39, 0.29) is 17.7 Å². The van der Waals surface area contributed by atoms with Gasteiger partial charge in [-0.3, -0.25) is 14.9 Å². The van der Waals surface area contributed by atoms with E-state index in [1.54, 1.807) is 12.1 Å². The first kappa shape index (κ1) is 16.2. The van der Waals surface area contributed by atoms with Gasteiger partial charge in [-0.05, 0) is 37.8 Å². The Balaban J connectivity index is 1.72. The lowest BCUT2D eigenvalue weighted by Crippen LogP contribution is -2.35. The molecule has 1 atom stereocenters. The van der Waals surface area contributed by atoms with Gasteiger partial charge < -0.3 is 15.4 Å². The maximum absolute atomic E-state index is 11.7. The molecule has 1 heterocycles. The number of ether oxygens (including phenoxy) is 1. The lowest BCUT2D eigenvalue weighted by molar-refractivity contribution is -0.384. The van der Waals surface area contributed by atoms with Crippen LogP contribution in [-0.4, -0.2) is 36.6 Å². The van der Waals surface area contributed by atoms with Crippen LogP contribution in [-0.2, 0) is 9.53 Å². The van der Waals surface area contributed by atoms with Gasteiger partial charge in [0.2, 0.25) is 5.91 Å². The molecule has 22 heavy (non-hydrogen) atoms. The van der Waals surface area contributed by atoms with Gasteiger partial charge in [-0.2, -0.15) is 0 Å². The molecule has 2 N–H and O–H groups in total. The number of hydrogen-bond donors (Lipinski definition) is 2. The molecule has 0 radical (unpaired) electrons. The molecule has 1 saturated heterocycles. The maximum Gasteiger partial charge on any atom is 0.292 e. The van der Waals surface area contributed by atoms with E-state index in [9.17, 15) is 14.9 Å². The summed E-state index contributed by atoms with van der Waals surface area (Å²) in [7, 11) is 0. The Morgan fingerprint density at radius 3 is 2.95 bits per heavy atom. The smallest absolute Gasteiger partial charge is 0.292 e. The topological polar surface area (TPSA) is 93.5 Å². The number of nitro groups is 1. The lowest BCUT2D eigenvalue weighted by atomic mass is 10.2. The van der Waals surface area contributed by atoms with Crippen molar-refractivity contribution < 1.29 is 14.5 Å². The first-order valence-corrected chi connectivity index (χ1v) is 7.46. The van der Waals surface area contributed by atoms with E-state index in [2.05, 4.69) is 10.6 Å². The molecule has 1 aliphatic heterocycles. The fraction of sp³-hybridized carbons (Fsp3) is 0.533. The van der Waals surface area contributed by atoms with E-state index in [1.165, 1.54) is 0 Å². The Labute approximate surface area is 129 Å². The SMILES string of the molecule is Cc1ccc(NCCCNC(=O)[C@H]2CCCO2)c([N+](=O)[O-])c1. The standard InChI is InChI=1S/C15H21N3O4/c1-11-5-6-12(13(10-11)18(20)21)16-7-3-8-17-15(19)14-4-2-9-22-14/h5-6,10,14,16H,2-4,7-9H2,1H3,(H,17,19)/t14-/m1/s1. The molecule has 1 fully saturated rings. The summed E-state index contributed by atoms with van der Waals surface area (Å²) in [5, 5.41) is 16.9. The van der Waals surface area contributed by atoms with Crippen molar-refractivity contribution in [3.63, 3.8) is 0 Å². The largest absolute Gasteiger partial charge is 0.379 e. The first-order valence-electron chi connectivity index (χ1n) is 7.46. The summed E-state index contributed by atoms with van der Waals surface area (Å²) in [5.41, 5.74) is 1.42. The highest BCUT2D eigenvalue weighted by atomic mass is 16.6. The summed E-state index contributed by atoms with van der Waals surface area (Å²) in [6, 6.07) is 5.08. The van der Waals surface area contributed by atoms with Gasteiger partial charge in [0.25, 0.3) is 5.69 Å². The fourth-order valence-corrected chi connectivity index (χ4v) is 2.36. The number of aryl methyl sites for hydroxylation is 1. The van der Waals surface area contributed by atoms with E-state index in [0.717, 1.165) is 18.4 Å². The van der Waals surface area contributed by atoms with Crippen LogP contribution in [0.25, 0.3) is 0 Å². The number of hydrogen-bond acceptors (Lipinski definition) is 5. The number of rotatable bonds is 7. The van der Waals surface area contributed by atoms with Crippen molar-refractivity contribution in [1.29, 1.82) is 0 Å². The summed E-state index contributed by atoms with van der Waals surface area (Å²) < 4.78 is 5.29. The average Bonchev–Trinajstić information content (AvgIpc) is 3.02. The van der Waals surface area contributed by atoms with Crippen LogP contribution < -0.4 is 10.6 Å². The van der Waals surface area contributed by atoms with Crippen molar-refractivity contribution in [1.82, 2.24) is 5.32 Å². The van der Waals surface area contributed by atoms with E-state index < -0.39 is 4.92 Å². The Bertz CT molecular complexity index is 542. The van der Waals surface area contributed by atoms with Crippen LogP contribution in [0.2, 0.25) is 0 Å². The molecule has 1 aliphatic rings. The van der Waals surface area contributed by atoms with Crippen molar-refractivity contribution >= 4 is 17.3 Å². The van der Waals surface area contributed by atoms with Crippen LogP contribution in [0, 0.1) is 17.0 Å². The van der Waals surface area contributed by atoms with Gasteiger partial charge in [-0.25, -0.2) is 0 Å². The van der Waals surface area contributed by atoms with Crippen LogP contribution in [0.3, 0.4) is 0 Å². The van der Waals surface area contributed by atoms with Crippen molar-refractivity contribution in [2.45, 2.75) is 32.3 Å². The highest BCUT2D eigenvalue weighted by Crippen LogP contribution is 2.25. The molecule has 0 aromatic heterocycles. The summed E-state index contributed by atoms with van der Waals surface area (Å²) >= 11 is 0. The van der Waals surface area contributed by atoms with Gasteiger partial charge in [0.1, 0.15) is 11.8 Å². The highest BCUT2D eigenvalue weighted by Gasteiger charge is 2.22. The third-order valence-electron chi connectivity index (χ3n) is 3.54. The quantitative estimate of drug-likeness (QED) is 0.456. The predicted octanol–water partition coefficient (Wildman–Crippen LogP) is 2.00. The second-order valence-electron chi connectivity index (χ2n) is 5.35. The molecule has 7 heteroatoms. The van der Waals surface area contributed by atoms with Crippen molar-refractivity contribution in [3.8, 4) is 0 Å². The molecule has 0 bridgehead atoms. The molecule has 120 valence electrons. The van der Waals surface area contributed by atoms with E-state index in [0.29, 0.717) is 31.8 Å². The lowest BCUT2D eigenvalue weighted by Gasteiger charge is -2.11. The van der Waals surface area contributed by atoms with Gasteiger partial charge in [-0.15, -0.1) is 0 Å². The number of benzene rings is 1. The number of amides is 1. The third-order valence-corrected chi connectivity index (χ3v) is 3.54. The summed E-state index contributed by atoms with van der Waals surface area (Å²) in [6.45, 7) is 3.54. The van der Waals surface area contributed by atoms with Crippen molar-refractivity contribution in [2.24, 2.45) is 0 Å². The maximum atomic E-state index is 11.7. The molecule has 1 amide bonds. The van der Waals surface area contributed by atoms with Gasteiger partial charge in [-0.1, -0.05) is 6.07 Å². The predicted molar refractivity (Wildman–Crippen MR) is 82.9 cm³/mol. The van der Waals surface area contributed by atoms with E-state index in [1.807, 2.05) is 13.0 Å². The zero-order valence-corrected chi connectivity index (χ0v) is 12.6. The molecule has 0 spiro atoms. The number of nitrogens with zero attached hydrogens (tertiary/aromatic N) is 1. The van der Waals surface area contributed by atoms with Gasteiger partial charge in [0.05, 0.1) is 4.92 Å². The fourth-order valence-electron chi connectivity index (χ4n) is 2.36. The molecular formula is C15H21N3O4. The number of nitrogens with one attached hydrogen (secondary N) is 2. The number of carbonyl (C=O) groups is 1. The normalized spacial score (nSPS) is 17.2. The average molecular weight is 307 g/mol. The molecule has 0 aliphatic carbocycles. The summed E-state index contributed by atoms with van der Waals surface area (Å²) in [6.07, 6.45) is 2.08. The van der Waals surface area contributed by atoms with Crippen molar-refractivity contribution in [2.75, 3.05) is 25.0 Å². The number of nitro benzene ring substituents is 1. The minimum atomic E-state index is -0.394. The van der Waals surface area contributed by atoms with Crippen LogP contribution in [0.5, 0.6) is 0 Å². The Kier molecular flexibility index (Phi) is 5.71.